The summed E-state index contributed by atoms with van der Waals surface area (Å²) in [5.41, 5.74) is 6.86. The molecule has 2 aromatic carbocycles. The number of aromatic nitrogens is 1. The van der Waals surface area contributed by atoms with E-state index in [9.17, 15) is 5.26 Å². The predicted molar refractivity (Wildman–Crippen MR) is 116 cm³/mol. The van der Waals surface area contributed by atoms with Crippen LogP contribution in [0.4, 0.5) is 0 Å². The molecular formula is C26H25N2O+. The molecule has 0 amide bonds. The summed E-state index contributed by atoms with van der Waals surface area (Å²) < 4.78 is 8.34. The third-order valence-electron chi connectivity index (χ3n) is 6.48. The van der Waals surface area contributed by atoms with Crippen molar-refractivity contribution in [3.05, 3.63) is 65.4 Å². The average molecular weight is 381 g/mol. The van der Waals surface area contributed by atoms with Gasteiger partial charge in [-0.1, -0.05) is 31.4 Å². The molecule has 0 radical (unpaired) electrons. The Labute approximate surface area is 171 Å². The molecule has 1 aliphatic rings. The zero-order chi connectivity index (χ0) is 20.0. The van der Waals surface area contributed by atoms with E-state index in [0.717, 1.165) is 38.8 Å². The SMILES string of the molecule is Cc1cc2oc3cc(C4CCCCC4)ccc3c2c(C#N)c1-c1cccc[n+]1C. The van der Waals surface area contributed by atoms with Crippen LogP contribution in [-0.4, -0.2) is 0 Å². The number of nitriles is 1. The largest absolute Gasteiger partial charge is 0.456 e. The summed E-state index contributed by atoms with van der Waals surface area (Å²) >= 11 is 0. The minimum atomic E-state index is 0.637. The molecule has 0 unspecified atom stereocenters. The third kappa shape index (κ3) is 2.91. The summed E-state index contributed by atoms with van der Waals surface area (Å²) in [7, 11) is 2.02. The van der Waals surface area contributed by atoms with Crippen LogP contribution >= 0.6 is 0 Å². The Bertz CT molecular complexity index is 1270. The van der Waals surface area contributed by atoms with Gasteiger partial charge in [0, 0.05) is 22.9 Å². The summed E-state index contributed by atoms with van der Waals surface area (Å²) in [5.74, 6) is 0.637. The number of pyridine rings is 1. The Morgan fingerprint density at radius 3 is 2.62 bits per heavy atom. The molecule has 0 atom stereocenters. The Hall–Kier alpha value is -3.12. The number of furan rings is 1. The lowest BCUT2D eigenvalue weighted by molar-refractivity contribution is -0.660. The van der Waals surface area contributed by atoms with Gasteiger partial charge >= 0.3 is 0 Å². The van der Waals surface area contributed by atoms with Crippen LogP contribution in [0.1, 0.15) is 54.7 Å². The highest BCUT2D eigenvalue weighted by atomic mass is 16.3. The standard InChI is InChI=1S/C26H25N2O/c1-17-14-24-26(21(16-27)25(17)22-10-6-7-13-28(22)2)20-12-11-19(15-23(20)29-24)18-8-4-3-5-9-18/h6-7,10-15,18H,3-5,8-9H2,1-2H3/q+1. The number of aryl methyl sites for hydroxylation is 2. The van der Waals surface area contributed by atoms with Gasteiger partial charge in [0.2, 0.25) is 5.69 Å². The first-order chi connectivity index (χ1) is 14.2. The molecule has 1 saturated carbocycles. The molecule has 144 valence electrons. The van der Waals surface area contributed by atoms with Crippen molar-refractivity contribution in [1.29, 1.82) is 5.26 Å². The quantitative estimate of drug-likeness (QED) is 0.382. The number of hydrogen-bond donors (Lipinski definition) is 0. The highest BCUT2D eigenvalue weighted by Crippen LogP contribution is 2.40. The van der Waals surface area contributed by atoms with Gasteiger partial charge in [0.15, 0.2) is 6.20 Å². The van der Waals surface area contributed by atoms with Crippen LogP contribution in [0.3, 0.4) is 0 Å². The fourth-order valence-corrected chi connectivity index (χ4v) is 5.00. The maximum Gasteiger partial charge on any atom is 0.213 e. The smallest absolute Gasteiger partial charge is 0.213 e. The van der Waals surface area contributed by atoms with Crippen molar-refractivity contribution in [2.24, 2.45) is 7.05 Å². The summed E-state index contributed by atoms with van der Waals surface area (Å²) in [6, 6.07) is 17.3. The Morgan fingerprint density at radius 1 is 1.03 bits per heavy atom. The van der Waals surface area contributed by atoms with Crippen LogP contribution in [0.15, 0.2) is 53.1 Å². The first-order valence-electron chi connectivity index (χ1n) is 10.5. The van der Waals surface area contributed by atoms with Crippen LogP contribution in [0.5, 0.6) is 0 Å². The Morgan fingerprint density at radius 2 is 1.86 bits per heavy atom. The lowest BCUT2D eigenvalue weighted by Crippen LogP contribution is -2.30. The number of nitrogens with zero attached hydrogens (tertiary/aromatic N) is 2. The van der Waals surface area contributed by atoms with Crippen molar-refractivity contribution in [2.45, 2.75) is 44.9 Å². The molecule has 2 heterocycles. The molecule has 0 saturated heterocycles. The maximum absolute atomic E-state index is 10.1. The maximum atomic E-state index is 10.1. The van der Waals surface area contributed by atoms with E-state index in [1.165, 1.54) is 37.7 Å². The molecule has 3 nitrogen and oxygen atoms in total. The molecule has 0 bridgehead atoms. The summed E-state index contributed by atoms with van der Waals surface area (Å²) in [6.45, 7) is 2.06. The number of fused-ring (bicyclic) bond motifs is 3. The number of rotatable bonds is 2. The van der Waals surface area contributed by atoms with Gasteiger partial charge < -0.3 is 4.42 Å². The molecular weight excluding hydrogens is 356 g/mol. The second kappa shape index (κ2) is 7.04. The fourth-order valence-electron chi connectivity index (χ4n) is 5.00. The average Bonchev–Trinajstić information content (AvgIpc) is 3.11. The molecule has 0 aliphatic heterocycles. The van der Waals surface area contributed by atoms with Crippen molar-refractivity contribution < 1.29 is 8.98 Å². The van der Waals surface area contributed by atoms with Crippen LogP contribution in [0.2, 0.25) is 0 Å². The fraction of sp³-hybridized carbons (Fsp3) is 0.308. The van der Waals surface area contributed by atoms with Crippen molar-refractivity contribution in [3.8, 4) is 17.3 Å². The highest BCUT2D eigenvalue weighted by molar-refractivity contribution is 6.10. The molecule has 5 rings (SSSR count). The molecule has 2 aromatic heterocycles. The van der Waals surface area contributed by atoms with E-state index >= 15 is 0 Å². The molecule has 1 aliphatic carbocycles. The molecule has 3 heteroatoms. The van der Waals surface area contributed by atoms with E-state index < -0.39 is 0 Å². The lowest BCUT2D eigenvalue weighted by atomic mass is 9.84. The zero-order valence-corrected chi connectivity index (χ0v) is 17.0. The van der Waals surface area contributed by atoms with E-state index in [1.54, 1.807) is 0 Å². The minimum absolute atomic E-state index is 0.637. The minimum Gasteiger partial charge on any atom is -0.456 e. The van der Waals surface area contributed by atoms with Crippen molar-refractivity contribution in [3.63, 3.8) is 0 Å². The molecule has 29 heavy (non-hydrogen) atoms. The normalized spacial score (nSPS) is 15.1. The topological polar surface area (TPSA) is 40.8 Å². The van der Waals surface area contributed by atoms with Crippen LogP contribution in [0.25, 0.3) is 33.2 Å². The van der Waals surface area contributed by atoms with Crippen LogP contribution in [-0.2, 0) is 7.05 Å². The summed E-state index contributed by atoms with van der Waals surface area (Å²) in [4.78, 5) is 0. The Balaban J connectivity index is 1.75. The van der Waals surface area contributed by atoms with Crippen LogP contribution in [0, 0.1) is 18.3 Å². The van der Waals surface area contributed by atoms with E-state index in [1.807, 2.05) is 25.4 Å². The van der Waals surface area contributed by atoms with Gasteiger partial charge in [-0.2, -0.15) is 5.26 Å². The summed E-state index contributed by atoms with van der Waals surface area (Å²) in [6.07, 6.45) is 8.54. The van der Waals surface area contributed by atoms with Crippen molar-refractivity contribution >= 4 is 21.9 Å². The Kier molecular flexibility index (Phi) is 4.36. The zero-order valence-electron chi connectivity index (χ0n) is 17.0. The van der Waals surface area contributed by atoms with Gasteiger partial charge in [0.25, 0.3) is 0 Å². The van der Waals surface area contributed by atoms with Gasteiger partial charge in [0.05, 0.1) is 11.1 Å². The van der Waals surface area contributed by atoms with Crippen LogP contribution < -0.4 is 4.57 Å². The number of benzene rings is 2. The second-order valence-electron chi connectivity index (χ2n) is 8.32. The lowest BCUT2D eigenvalue weighted by Gasteiger charge is -2.21. The third-order valence-corrected chi connectivity index (χ3v) is 6.48. The van der Waals surface area contributed by atoms with Gasteiger partial charge in [-0.05, 0) is 55.0 Å². The first-order valence-corrected chi connectivity index (χ1v) is 10.5. The first kappa shape index (κ1) is 17.9. The van der Waals surface area contributed by atoms with E-state index in [4.69, 9.17) is 4.42 Å². The molecule has 0 N–H and O–H groups in total. The molecule has 0 spiro atoms. The van der Waals surface area contributed by atoms with E-state index in [2.05, 4.69) is 47.9 Å². The summed E-state index contributed by atoms with van der Waals surface area (Å²) in [5, 5.41) is 12.1. The highest BCUT2D eigenvalue weighted by Gasteiger charge is 2.23. The molecule has 4 aromatic rings. The van der Waals surface area contributed by atoms with Gasteiger partial charge in [-0.3, -0.25) is 0 Å². The monoisotopic (exact) mass is 381 g/mol. The molecule has 1 fully saturated rings. The van der Waals surface area contributed by atoms with Crippen molar-refractivity contribution in [2.75, 3.05) is 0 Å². The van der Waals surface area contributed by atoms with E-state index in [-0.39, 0.29) is 0 Å². The second-order valence-corrected chi connectivity index (χ2v) is 8.32. The number of hydrogen-bond acceptors (Lipinski definition) is 2. The predicted octanol–water partition coefficient (Wildman–Crippen LogP) is 6.31. The van der Waals surface area contributed by atoms with Gasteiger partial charge in [0.1, 0.15) is 24.3 Å². The van der Waals surface area contributed by atoms with Gasteiger partial charge in [-0.25, -0.2) is 4.57 Å². The van der Waals surface area contributed by atoms with Crippen molar-refractivity contribution in [1.82, 2.24) is 0 Å². The van der Waals surface area contributed by atoms with E-state index in [0.29, 0.717) is 11.5 Å². The van der Waals surface area contributed by atoms with Gasteiger partial charge in [-0.15, -0.1) is 0 Å².